The van der Waals surface area contributed by atoms with Crippen LogP contribution in [0.25, 0.3) is 6.08 Å². The molecule has 2 amide bonds. The summed E-state index contributed by atoms with van der Waals surface area (Å²) in [6.45, 7) is 2.24. The number of nitrogens with zero attached hydrogens (tertiary/aromatic N) is 1. The van der Waals surface area contributed by atoms with Crippen molar-refractivity contribution in [3.05, 3.63) is 93.0 Å². The number of hydrogen-bond acceptors (Lipinski definition) is 6. The van der Waals surface area contributed by atoms with Crippen LogP contribution in [0.15, 0.2) is 66.2 Å². The van der Waals surface area contributed by atoms with Crippen LogP contribution in [0.3, 0.4) is 0 Å². The maximum absolute atomic E-state index is 13.3. The van der Waals surface area contributed by atoms with Gasteiger partial charge in [0.1, 0.15) is 12.2 Å². The molecule has 38 heavy (non-hydrogen) atoms. The summed E-state index contributed by atoms with van der Waals surface area (Å²) < 4.78 is 11.6. The number of anilines is 1. The molecular weight excluding hydrogens is 551 g/mol. The van der Waals surface area contributed by atoms with Gasteiger partial charge in [-0.1, -0.05) is 47.5 Å². The molecule has 0 saturated carbocycles. The number of ether oxygens (including phenoxy) is 2. The number of rotatable bonds is 8. The summed E-state index contributed by atoms with van der Waals surface area (Å²) in [5, 5.41) is 12.3. The van der Waals surface area contributed by atoms with Crippen LogP contribution in [-0.2, 0) is 16.2 Å². The first-order chi connectivity index (χ1) is 18.2. The van der Waals surface area contributed by atoms with E-state index in [2.05, 4.69) is 5.32 Å². The zero-order chi connectivity index (χ0) is 27.4. The fourth-order valence-corrected chi connectivity index (χ4v) is 4.42. The van der Waals surface area contributed by atoms with E-state index in [0.717, 1.165) is 10.5 Å². The molecule has 1 heterocycles. The van der Waals surface area contributed by atoms with Crippen molar-refractivity contribution in [2.75, 3.05) is 11.5 Å². The minimum absolute atomic E-state index is 0.0407. The number of carbonyl (C=O) groups excluding carboxylic acids is 2. The molecule has 8 nitrogen and oxygen atoms in total. The number of carboxylic acid groups (broad SMARTS) is 1. The van der Waals surface area contributed by atoms with Crippen LogP contribution >= 0.6 is 35.4 Å². The number of nitrogens with one attached hydrogen (secondary N) is 1. The van der Waals surface area contributed by atoms with E-state index in [9.17, 15) is 19.5 Å². The van der Waals surface area contributed by atoms with Gasteiger partial charge in [-0.25, -0.2) is 4.79 Å². The van der Waals surface area contributed by atoms with Gasteiger partial charge in [-0.05, 0) is 67.2 Å². The van der Waals surface area contributed by atoms with Crippen LogP contribution in [0.5, 0.6) is 11.5 Å². The summed E-state index contributed by atoms with van der Waals surface area (Å²) in [6.07, 6.45) is 1.35. The Morgan fingerprint density at radius 1 is 1.05 bits per heavy atom. The molecule has 1 saturated heterocycles. The van der Waals surface area contributed by atoms with Gasteiger partial charge < -0.3 is 14.6 Å². The van der Waals surface area contributed by atoms with Crippen molar-refractivity contribution in [2.24, 2.45) is 0 Å². The van der Waals surface area contributed by atoms with Gasteiger partial charge in [-0.2, -0.15) is 0 Å². The number of halogens is 2. The van der Waals surface area contributed by atoms with Gasteiger partial charge in [-0.3, -0.25) is 19.8 Å². The molecular formula is C27H20Cl2N2O6S. The lowest BCUT2D eigenvalue weighted by Gasteiger charge is -2.29. The number of carboxylic acids is 1. The molecule has 2 N–H and O–H groups in total. The first-order valence-electron chi connectivity index (χ1n) is 11.3. The summed E-state index contributed by atoms with van der Waals surface area (Å²) in [4.78, 5) is 38.5. The highest BCUT2D eigenvalue weighted by Crippen LogP contribution is 2.38. The lowest BCUT2D eigenvalue weighted by molar-refractivity contribution is -0.122. The molecule has 4 rings (SSSR count). The summed E-state index contributed by atoms with van der Waals surface area (Å²) in [6, 6.07) is 16.0. The van der Waals surface area contributed by atoms with Crippen LogP contribution in [-0.4, -0.2) is 34.6 Å². The van der Waals surface area contributed by atoms with Gasteiger partial charge in [0.15, 0.2) is 16.6 Å². The predicted molar refractivity (Wildman–Crippen MR) is 148 cm³/mol. The van der Waals surface area contributed by atoms with E-state index in [1.165, 1.54) is 36.4 Å². The molecule has 0 atom stereocenters. The van der Waals surface area contributed by atoms with Crippen molar-refractivity contribution in [3.8, 4) is 11.5 Å². The molecule has 0 aromatic heterocycles. The Bertz CT molecular complexity index is 1490. The summed E-state index contributed by atoms with van der Waals surface area (Å²) in [7, 11) is 0. The number of thiocarbonyl (C=S) groups is 1. The van der Waals surface area contributed by atoms with Crippen LogP contribution in [0.1, 0.15) is 28.4 Å². The third-order valence-corrected chi connectivity index (χ3v) is 6.36. The molecule has 0 radical (unpaired) electrons. The molecule has 11 heteroatoms. The molecule has 1 aliphatic heterocycles. The number of benzene rings is 3. The summed E-state index contributed by atoms with van der Waals surface area (Å²) >= 11 is 17.9. The Hall–Kier alpha value is -3.92. The van der Waals surface area contributed by atoms with Gasteiger partial charge in [-0.15, -0.1) is 0 Å². The van der Waals surface area contributed by atoms with Crippen molar-refractivity contribution >= 4 is 70.1 Å². The van der Waals surface area contributed by atoms with Crippen LogP contribution in [0.2, 0.25) is 10.0 Å². The molecule has 3 aromatic carbocycles. The van der Waals surface area contributed by atoms with E-state index >= 15 is 0 Å². The van der Waals surface area contributed by atoms with E-state index in [0.29, 0.717) is 22.9 Å². The number of aromatic carboxylic acids is 1. The second-order valence-corrected chi connectivity index (χ2v) is 9.16. The predicted octanol–water partition coefficient (Wildman–Crippen LogP) is 5.50. The Morgan fingerprint density at radius 2 is 1.82 bits per heavy atom. The van der Waals surface area contributed by atoms with Crippen LogP contribution in [0.4, 0.5) is 5.69 Å². The van der Waals surface area contributed by atoms with Gasteiger partial charge in [0.25, 0.3) is 11.8 Å². The maximum atomic E-state index is 13.3. The monoisotopic (exact) mass is 570 g/mol. The third-order valence-electron chi connectivity index (χ3n) is 5.43. The molecule has 3 aromatic rings. The highest BCUT2D eigenvalue weighted by atomic mass is 35.5. The molecule has 1 fully saturated rings. The minimum Gasteiger partial charge on any atom is -0.490 e. The zero-order valence-electron chi connectivity index (χ0n) is 19.9. The van der Waals surface area contributed by atoms with Crippen molar-refractivity contribution in [1.82, 2.24) is 5.32 Å². The molecule has 0 spiro atoms. The largest absolute Gasteiger partial charge is 0.490 e. The van der Waals surface area contributed by atoms with Crippen LogP contribution < -0.4 is 19.7 Å². The van der Waals surface area contributed by atoms with E-state index in [1.54, 1.807) is 19.1 Å². The van der Waals surface area contributed by atoms with Crippen molar-refractivity contribution < 1.29 is 29.0 Å². The molecule has 1 aliphatic rings. The second-order valence-electron chi connectivity index (χ2n) is 7.96. The number of carbonyl (C=O) groups is 3. The summed E-state index contributed by atoms with van der Waals surface area (Å²) in [5.41, 5.74) is 1.08. The SMILES string of the molecule is CCOc1cc(C=C2C(=O)NC(=S)N(c3cccc(C(=O)O)c3)C2=O)cc(Cl)c1OCc1ccccc1Cl. The van der Waals surface area contributed by atoms with Gasteiger partial charge in [0.2, 0.25) is 0 Å². The highest BCUT2D eigenvalue weighted by molar-refractivity contribution is 7.80. The quantitative estimate of drug-likeness (QED) is 0.209. The van der Waals surface area contributed by atoms with Gasteiger partial charge in [0, 0.05) is 10.6 Å². The summed E-state index contributed by atoms with van der Waals surface area (Å²) in [5.74, 6) is -2.02. The number of hydrogen-bond donors (Lipinski definition) is 2. The maximum Gasteiger partial charge on any atom is 0.335 e. The van der Waals surface area contributed by atoms with Gasteiger partial charge in [0.05, 0.1) is 22.9 Å². The second kappa shape index (κ2) is 11.6. The molecule has 0 bridgehead atoms. The first kappa shape index (κ1) is 27.1. The van der Waals surface area contributed by atoms with E-state index in [-0.39, 0.29) is 39.3 Å². The van der Waals surface area contributed by atoms with Gasteiger partial charge >= 0.3 is 5.97 Å². The average molecular weight is 571 g/mol. The minimum atomic E-state index is -1.17. The van der Waals surface area contributed by atoms with E-state index in [4.69, 9.17) is 44.9 Å². The Labute approximate surface area is 233 Å². The Morgan fingerprint density at radius 3 is 2.53 bits per heavy atom. The van der Waals surface area contributed by atoms with Crippen molar-refractivity contribution in [3.63, 3.8) is 0 Å². The topological polar surface area (TPSA) is 105 Å². The lowest BCUT2D eigenvalue weighted by Crippen LogP contribution is -2.54. The van der Waals surface area contributed by atoms with E-state index in [1.807, 2.05) is 18.2 Å². The lowest BCUT2D eigenvalue weighted by atomic mass is 10.1. The highest BCUT2D eigenvalue weighted by Gasteiger charge is 2.35. The zero-order valence-corrected chi connectivity index (χ0v) is 22.2. The van der Waals surface area contributed by atoms with Crippen molar-refractivity contribution in [2.45, 2.75) is 13.5 Å². The normalized spacial score (nSPS) is 14.4. The Kier molecular flexibility index (Phi) is 8.31. The standard InChI is InChI=1S/C27H20Cl2N2O6S/c1-2-36-22-12-15(11-21(29)23(22)37-14-17-6-3-4-9-20(17)28)10-19-24(32)30-27(38)31(25(19)33)18-8-5-7-16(13-18)26(34)35/h3-13H,2,14H2,1H3,(H,34,35)(H,30,32,38). The smallest absolute Gasteiger partial charge is 0.335 e. The van der Waals surface area contributed by atoms with Crippen molar-refractivity contribution in [1.29, 1.82) is 0 Å². The Balaban J connectivity index is 1.68. The molecule has 194 valence electrons. The first-order valence-corrected chi connectivity index (χ1v) is 12.4. The fourth-order valence-electron chi connectivity index (χ4n) is 3.68. The third kappa shape index (κ3) is 5.80. The average Bonchev–Trinajstić information content (AvgIpc) is 2.87. The molecule has 0 aliphatic carbocycles. The number of amides is 2. The van der Waals surface area contributed by atoms with E-state index < -0.39 is 17.8 Å². The molecule has 0 unspecified atom stereocenters. The van der Waals surface area contributed by atoms with Crippen LogP contribution in [0, 0.1) is 0 Å². The fraction of sp³-hybridized carbons (Fsp3) is 0.111.